The van der Waals surface area contributed by atoms with Gasteiger partial charge in [-0.15, -0.1) is 0 Å². The molecule has 1 fully saturated rings. The van der Waals surface area contributed by atoms with Gasteiger partial charge in [-0.3, -0.25) is 4.79 Å². The summed E-state index contributed by atoms with van der Waals surface area (Å²) in [5.41, 5.74) is 2.17. The summed E-state index contributed by atoms with van der Waals surface area (Å²) in [6.07, 6.45) is 2.39. The lowest BCUT2D eigenvalue weighted by Gasteiger charge is -2.53. The molecule has 0 radical (unpaired) electrons. The van der Waals surface area contributed by atoms with Gasteiger partial charge in [-0.2, -0.15) is 0 Å². The Bertz CT molecular complexity index is 1140. The number of carbonyl (C=O) groups is 3. The van der Waals surface area contributed by atoms with Crippen LogP contribution in [0.25, 0.3) is 0 Å². The molecule has 1 aliphatic rings. The molecule has 2 aromatic carbocycles. The first kappa shape index (κ1) is 29.2. The van der Waals surface area contributed by atoms with Gasteiger partial charge in [-0.1, -0.05) is 57.0 Å². The van der Waals surface area contributed by atoms with Gasteiger partial charge >= 0.3 is 12.0 Å². The summed E-state index contributed by atoms with van der Waals surface area (Å²) < 4.78 is 6.34. The van der Waals surface area contributed by atoms with Crippen molar-refractivity contribution in [3.8, 4) is 5.75 Å². The van der Waals surface area contributed by atoms with Gasteiger partial charge in [0.15, 0.2) is 6.23 Å². The SMILES string of the molecule is CCC[C@@H](NC(=O)N1C(=O)C(CC)(CC)[C@@H]1Oc1ccc(C(=O)O)c(CCN(C)C)c1)c1ccc(C)cc1. The highest BCUT2D eigenvalue weighted by molar-refractivity contribution is 6.03. The number of hydrogen-bond acceptors (Lipinski definition) is 5. The lowest BCUT2D eigenvalue weighted by molar-refractivity contribution is -0.191. The molecule has 3 amide bonds. The molecule has 0 spiro atoms. The summed E-state index contributed by atoms with van der Waals surface area (Å²) >= 11 is 0. The molecule has 8 nitrogen and oxygen atoms in total. The number of ether oxygens (including phenoxy) is 1. The van der Waals surface area contributed by atoms with Crippen molar-refractivity contribution in [1.82, 2.24) is 15.1 Å². The lowest BCUT2D eigenvalue weighted by Crippen LogP contribution is -2.73. The van der Waals surface area contributed by atoms with Crippen molar-refractivity contribution in [1.29, 1.82) is 0 Å². The zero-order chi connectivity index (χ0) is 28.0. The van der Waals surface area contributed by atoms with Crippen LogP contribution in [0, 0.1) is 12.3 Å². The monoisotopic (exact) mass is 523 g/mol. The van der Waals surface area contributed by atoms with Crippen LogP contribution in [-0.4, -0.2) is 59.7 Å². The topological polar surface area (TPSA) is 99.2 Å². The first-order valence-electron chi connectivity index (χ1n) is 13.5. The van der Waals surface area contributed by atoms with Gasteiger partial charge in [0.05, 0.1) is 11.6 Å². The third-order valence-electron chi connectivity index (χ3n) is 7.57. The van der Waals surface area contributed by atoms with Crippen LogP contribution in [0.3, 0.4) is 0 Å². The van der Waals surface area contributed by atoms with Gasteiger partial charge in [-0.05, 0) is 76.0 Å². The summed E-state index contributed by atoms with van der Waals surface area (Å²) in [6.45, 7) is 8.60. The second-order valence-electron chi connectivity index (χ2n) is 10.4. The third-order valence-corrected chi connectivity index (χ3v) is 7.57. The van der Waals surface area contributed by atoms with E-state index in [4.69, 9.17) is 4.74 Å². The molecule has 2 N–H and O–H groups in total. The molecule has 1 heterocycles. The minimum absolute atomic E-state index is 0.219. The van der Waals surface area contributed by atoms with Gasteiger partial charge < -0.3 is 20.1 Å². The number of imide groups is 1. The molecule has 2 aromatic rings. The minimum Gasteiger partial charge on any atom is -0.478 e. The Labute approximate surface area is 226 Å². The first-order chi connectivity index (χ1) is 18.1. The molecular formula is C30H41N3O5. The fourth-order valence-corrected chi connectivity index (χ4v) is 5.06. The van der Waals surface area contributed by atoms with Gasteiger partial charge in [0.25, 0.3) is 0 Å². The zero-order valence-electron chi connectivity index (χ0n) is 23.4. The highest BCUT2D eigenvalue weighted by Crippen LogP contribution is 2.46. The van der Waals surface area contributed by atoms with Crippen LogP contribution in [0.1, 0.15) is 79.5 Å². The van der Waals surface area contributed by atoms with Crippen molar-refractivity contribution >= 4 is 17.9 Å². The predicted molar refractivity (Wildman–Crippen MR) is 147 cm³/mol. The van der Waals surface area contributed by atoms with Crippen molar-refractivity contribution in [3.63, 3.8) is 0 Å². The minimum atomic E-state index is -1.00. The zero-order valence-corrected chi connectivity index (χ0v) is 23.4. The molecule has 0 aromatic heterocycles. The number of likely N-dealkylation sites (N-methyl/N-ethyl adjacent to an activating group) is 1. The van der Waals surface area contributed by atoms with E-state index in [-0.39, 0.29) is 17.5 Å². The van der Waals surface area contributed by atoms with E-state index in [0.717, 1.165) is 24.0 Å². The number of benzene rings is 2. The summed E-state index contributed by atoms with van der Waals surface area (Å²) in [7, 11) is 3.85. The number of nitrogens with one attached hydrogen (secondary N) is 1. The third kappa shape index (κ3) is 6.01. The fourth-order valence-electron chi connectivity index (χ4n) is 5.06. The molecule has 0 aliphatic carbocycles. The number of carboxylic acids is 1. The lowest BCUT2D eigenvalue weighted by atomic mass is 9.72. The van der Waals surface area contributed by atoms with Gasteiger partial charge in [0, 0.05) is 6.54 Å². The molecule has 2 atom stereocenters. The standard InChI is InChI=1S/C30H41N3O5/c1-7-10-25(21-13-11-20(4)12-14-21)31-29(37)33-27(36)30(8-2,9-3)28(33)38-23-15-16-24(26(34)35)22(19-23)17-18-32(5)6/h11-16,19,25,28H,7-10,17-18H2,1-6H3,(H,31,37)(H,34,35)/t25-,28+/m1/s1. The normalized spacial score (nSPS) is 17.2. The molecule has 38 heavy (non-hydrogen) atoms. The van der Waals surface area contributed by atoms with Gasteiger partial charge in [0.2, 0.25) is 5.91 Å². The van der Waals surface area contributed by atoms with Crippen LogP contribution in [0.4, 0.5) is 4.79 Å². The molecular weight excluding hydrogens is 482 g/mol. The van der Waals surface area contributed by atoms with E-state index in [2.05, 4.69) is 12.2 Å². The average molecular weight is 524 g/mol. The predicted octanol–water partition coefficient (Wildman–Crippen LogP) is 5.40. The Kier molecular flexibility index (Phi) is 9.55. The van der Waals surface area contributed by atoms with Crippen molar-refractivity contribution in [2.45, 2.75) is 72.1 Å². The van der Waals surface area contributed by atoms with Gasteiger partial charge in [-0.25, -0.2) is 14.5 Å². The Morgan fingerprint density at radius 3 is 2.32 bits per heavy atom. The summed E-state index contributed by atoms with van der Waals surface area (Å²) in [6, 6.07) is 12.2. The number of carbonyl (C=O) groups excluding carboxylic acids is 2. The molecule has 0 saturated carbocycles. The smallest absolute Gasteiger partial charge is 0.335 e. The number of urea groups is 1. The van der Waals surface area contributed by atoms with Crippen LogP contribution >= 0.6 is 0 Å². The number of likely N-dealkylation sites (tertiary alicyclic amines) is 1. The molecule has 206 valence electrons. The van der Waals surface area contributed by atoms with Crippen LogP contribution < -0.4 is 10.1 Å². The molecule has 8 heteroatoms. The highest BCUT2D eigenvalue weighted by Gasteiger charge is 2.63. The molecule has 0 unspecified atom stereocenters. The second kappa shape index (κ2) is 12.4. The quantitative estimate of drug-likeness (QED) is 0.361. The maximum Gasteiger partial charge on any atom is 0.335 e. The molecule has 1 aliphatic heterocycles. The second-order valence-corrected chi connectivity index (χ2v) is 10.4. The fraction of sp³-hybridized carbons (Fsp3) is 0.500. The van der Waals surface area contributed by atoms with Crippen molar-refractivity contribution in [2.75, 3.05) is 20.6 Å². The Morgan fingerprint density at radius 1 is 1.11 bits per heavy atom. The van der Waals surface area contributed by atoms with E-state index in [0.29, 0.717) is 37.1 Å². The summed E-state index contributed by atoms with van der Waals surface area (Å²) in [4.78, 5) is 41.8. The number of β-lactam (4-membered cyclic amide) rings is 1. The molecule has 1 saturated heterocycles. The van der Waals surface area contributed by atoms with E-state index in [1.807, 2.05) is 64.0 Å². The number of hydrogen-bond donors (Lipinski definition) is 2. The largest absolute Gasteiger partial charge is 0.478 e. The van der Waals surface area contributed by atoms with Crippen molar-refractivity contribution < 1.29 is 24.2 Å². The van der Waals surface area contributed by atoms with Gasteiger partial charge in [0.1, 0.15) is 11.2 Å². The average Bonchev–Trinajstić information content (AvgIpc) is 2.88. The molecule has 3 rings (SSSR count). The van der Waals surface area contributed by atoms with Crippen molar-refractivity contribution in [3.05, 3.63) is 64.7 Å². The highest BCUT2D eigenvalue weighted by atomic mass is 16.5. The number of aryl methyl sites for hydroxylation is 1. The molecule has 0 bridgehead atoms. The van der Waals surface area contributed by atoms with Crippen LogP contribution in [0.2, 0.25) is 0 Å². The number of amides is 3. The van der Waals surface area contributed by atoms with Crippen molar-refractivity contribution in [2.24, 2.45) is 5.41 Å². The Hall–Kier alpha value is -3.39. The van der Waals surface area contributed by atoms with Crippen LogP contribution in [0.5, 0.6) is 5.75 Å². The first-order valence-corrected chi connectivity index (χ1v) is 13.5. The van der Waals surface area contributed by atoms with E-state index in [1.165, 1.54) is 11.0 Å². The van der Waals surface area contributed by atoms with Crippen LogP contribution in [0.15, 0.2) is 42.5 Å². The van der Waals surface area contributed by atoms with Crippen LogP contribution in [-0.2, 0) is 11.2 Å². The number of aromatic carboxylic acids is 1. The number of carboxylic acid groups (broad SMARTS) is 1. The Balaban J connectivity index is 1.89. The number of nitrogens with zero attached hydrogens (tertiary/aromatic N) is 2. The number of rotatable bonds is 12. The Morgan fingerprint density at radius 2 is 1.76 bits per heavy atom. The van der Waals surface area contributed by atoms with E-state index >= 15 is 0 Å². The van der Waals surface area contributed by atoms with E-state index < -0.39 is 23.6 Å². The summed E-state index contributed by atoms with van der Waals surface area (Å²) in [5, 5.41) is 12.7. The van der Waals surface area contributed by atoms with E-state index in [1.54, 1.807) is 12.1 Å². The summed E-state index contributed by atoms with van der Waals surface area (Å²) in [5.74, 6) is -0.812. The van der Waals surface area contributed by atoms with E-state index in [9.17, 15) is 19.5 Å². The maximum atomic E-state index is 13.5. The maximum absolute atomic E-state index is 13.5.